The van der Waals surface area contributed by atoms with Gasteiger partial charge in [0.25, 0.3) is 0 Å². The Labute approximate surface area is 117 Å². The van der Waals surface area contributed by atoms with Crippen molar-refractivity contribution >= 4 is 0 Å². The van der Waals surface area contributed by atoms with E-state index in [0.717, 1.165) is 25.1 Å². The van der Waals surface area contributed by atoms with Crippen molar-refractivity contribution in [3.63, 3.8) is 0 Å². The Morgan fingerprint density at radius 1 is 0.800 bits per heavy atom. The number of H-pyrrole nitrogens is 1. The van der Waals surface area contributed by atoms with Crippen molar-refractivity contribution < 1.29 is 0 Å². The van der Waals surface area contributed by atoms with Crippen LogP contribution in [-0.2, 0) is 12.8 Å². The fourth-order valence-corrected chi connectivity index (χ4v) is 2.23. The third-order valence-corrected chi connectivity index (χ3v) is 3.32. The number of hydrogen-bond acceptors (Lipinski definition) is 3. The van der Waals surface area contributed by atoms with Crippen LogP contribution in [0.3, 0.4) is 0 Å². The molecule has 0 spiro atoms. The lowest BCUT2D eigenvalue weighted by Crippen LogP contribution is -1.92. The Kier molecular flexibility index (Phi) is 3.83. The summed E-state index contributed by atoms with van der Waals surface area (Å²) in [4.78, 5) is 0. The van der Waals surface area contributed by atoms with Gasteiger partial charge in [-0.15, -0.1) is 10.2 Å². The van der Waals surface area contributed by atoms with Crippen LogP contribution in [0, 0.1) is 0 Å². The second-order valence-electron chi connectivity index (χ2n) is 4.74. The third kappa shape index (κ3) is 3.09. The second-order valence-corrected chi connectivity index (χ2v) is 4.74. The molecule has 3 rings (SSSR count). The van der Waals surface area contributed by atoms with E-state index in [1.807, 2.05) is 6.07 Å². The number of rotatable bonds is 5. The smallest absolute Gasteiger partial charge is 0.174 e. The molecule has 4 heteroatoms. The molecule has 1 N–H and O–H groups in total. The number of aryl methyl sites for hydroxylation is 2. The van der Waals surface area contributed by atoms with Crippen LogP contribution in [0.15, 0.2) is 54.6 Å². The first-order valence-electron chi connectivity index (χ1n) is 6.78. The van der Waals surface area contributed by atoms with Gasteiger partial charge < -0.3 is 0 Å². The van der Waals surface area contributed by atoms with Crippen LogP contribution < -0.4 is 0 Å². The average Bonchev–Trinajstić information content (AvgIpc) is 3.02. The normalized spacial score (nSPS) is 10.6. The maximum Gasteiger partial charge on any atom is 0.174 e. The SMILES string of the molecule is c1ccc(-c2ccc(CCCc3nn[nH]n3)cc2)cc1. The van der Waals surface area contributed by atoms with Crippen molar-refractivity contribution in [1.82, 2.24) is 20.6 Å². The quantitative estimate of drug-likeness (QED) is 0.770. The molecule has 0 saturated carbocycles. The summed E-state index contributed by atoms with van der Waals surface area (Å²) in [5, 5.41) is 13.9. The fourth-order valence-electron chi connectivity index (χ4n) is 2.23. The molecule has 0 bridgehead atoms. The molecule has 0 aliphatic carbocycles. The van der Waals surface area contributed by atoms with Crippen LogP contribution in [0.2, 0.25) is 0 Å². The summed E-state index contributed by atoms with van der Waals surface area (Å²) in [5.74, 6) is 0.783. The van der Waals surface area contributed by atoms with Crippen molar-refractivity contribution in [1.29, 1.82) is 0 Å². The van der Waals surface area contributed by atoms with Gasteiger partial charge in [-0.25, -0.2) is 0 Å². The van der Waals surface area contributed by atoms with Gasteiger partial charge >= 0.3 is 0 Å². The molecule has 3 aromatic rings. The van der Waals surface area contributed by atoms with Gasteiger partial charge in [0.2, 0.25) is 0 Å². The van der Waals surface area contributed by atoms with Crippen LogP contribution in [0.5, 0.6) is 0 Å². The number of hydrogen-bond donors (Lipinski definition) is 1. The summed E-state index contributed by atoms with van der Waals surface area (Å²) in [6.07, 6.45) is 2.92. The Morgan fingerprint density at radius 3 is 2.25 bits per heavy atom. The highest BCUT2D eigenvalue weighted by Crippen LogP contribution is 2.19. The number of aromatic amines is 1. The van der Waals surface area contributed by atoms with E-state index >= 15 is 0 Å². The lowest BCUT2D eigenvalue weighted by molar-refractivity contribution is 0.773. The number of aromatic nitrogens is 4. The molecule has 0 atom stereocenters. The zero-order valence-electron chi connectivity index (χ0n) is 11.2. The molecule has 20 heavy (non-hydrogen) atoms. The van der Waals surface area contributed by atoms with E-state index in [1.54, 1.807) is 0 Å². The molecule has 0 aliphatic rings. The van der Waals surface area contributed by atoms with Gasteiger partial charge in [-0.1, -0.05) is 59.8 Å². The van der Waals surface area contributed by atoms with Crippen LogP contribution in [0.4, 0.5) is 0 Å². The van der Waals surface area contributed by atoms with E-state index in [9.17, 15) is 0 Å². The van der Waals surface area contributed by atoms with Gasteiger partial charge in [0.15, 0.2) is 5.82 Å². The summed E-state index contributed by atoms with van der Waals surface area (Å²) in [6.45, 7) is 0. The lowest BCUT2D eigenvalue weighted by atomic mass is 10.0. The largest absolute Gasteiger partial charge is 0.177 e. The van der Waals surface area contributed by atoms with Crippen molar-refractivity contribution in [3.05, 3.63) is 66.0 Å². The van der Waals surface area contributed by atoms with Crippen molar-refractivity contribution in [2.45, 2.75) is 19.3 Å². The van der Waals surface area contributed by atoms with Gasteiger partial charge in [0.05, 0.1) is 0 Å². The molecular weight excluding hydrogens is 248 g/mol. The molecule has 0 fully saturated rings. The average molecular weight is 264 g/mol. The standard InChI is InChI=1S/C16H16N4/c1-2-6-14(7-3-1)15-11-9-13(10-12-15)5-4-8-16-17-19-20-18-16/h1-3,6-7,9-12H,4-5,8H2,(H,17,18,19,20). The first-order valence-corrected chi connectivity index (χ1v) is 6.78. The first kappa shape index (κ1) is 12.5. The number of tetrazole rings is 1. The van der Waals surface area contributed by atoms with Gasteiger partial charge in [-0.3, -0.25) is 0 Å². The maximum atomic E-state index is 3.95. The van der Waals surface area contributed by atoms with Gasteiger partial charge in [0, 0.05) is 6.42 Å². The molecular formula is C16H16N4. The van der Waals surface area contributed by atoms with E-state index in [2.05, 4.69) is 69.2 Å². The zero-order chi connectivity index (χ0) is 13.6. The highest BCUT2D eigenvalue weighted by Gasteiger charge is 2.00. The number of nitrogens with one attached hydrogen (secondary N) is 1. The van der Waals surface area contributed by atoms with Gasteiger partial charge in [-0.2, -0.15) is 5.21 Å². The zero-order valence-corrected chi connectivity index (χ0v) is 11.2. The topological polar surface area (TPSA) is 54.5 Å². The van der Waals surface area contributed by atoms with E-state index in [0.29, 0.717) is 0 Å². The predicted octanol–water partition coefficient (Wildman–Crippen LogP) is 3.04. The molecule has 2 aromatic carbocycles. The summed E-state index contributed by atoms with van der Waals surface area (Å²) < 4.78 is 0. The minimum Gasteiger partial charge on any atom is -0.177 e. The molecule has 1 aromatic heterocycles. The lowest BCUT2D eigenvalue weighted by Gasteiger charge is -2.04. The second kappa shape index (κ2) is 6.10. The summed E-state index contributed by atoms with van der Waals surface area (Å²) >= 11 is 0. The monoisotopic (exact) mass is 264 g/mol. The van der Waals surface area contributed by atoms with E-state index in [-0.39, 0.29) is 0 Å². The van der Waals surface area contributed by atoms with Crippen molar-refractivity contribution in [2.75, 3.05) is 0 Å². The van der Waals surface area contributed by atoms with Gasteiger partial charge in [-0.05, 0) is 29.5 Å². The summed E-state index contributed by atoms with van der Waals surface area (Å²) in [7, 11) is 0. The Bertz CT molecular complexity index is 630. The molecule has 1 heterocycles. The molecule has 0 saturated heterocycles. The highest BCUT2D eigenvalue weighted by atomic mass is 15.5. The van der Waals surface area contributed by atoms with E-state index in [4.69, 9.17) is 0 Å². The minimum absolute atomic E-state index is 0.783. The van der Waals surface area contributed by atoms with Crippen LogP contribution >= 0.6 is 0 Å². The molecule has 0 radical (unpaired) electrons. The van der Waals surface area contributed by atoms with Crippen molar-refractivity contribution in [3.8, 4) is 11.1 Å². The van der Waals surface area contributed by atoms with Gasteiger partial charge in [0.1, 0.15) is 0 Å². The molecule has 4 nitrogen and oxygen atoms in total. The molecule has 0 unspecified atom stereocenters. The van der Waals surface area contributed by atoms with Crippen LogP contribution in [0.1, 0.15) is 17.8 Å². The first-order chi connectivity index (χ1) is 9.92. The summed E-state index contributed by atoms with van der Waals surface area (Å²) in [6, 6.07) is 19.2. The summed E-state index contributed by atoms with van der Waals surface area (Å²) in [5.41, 5.74) is 3.85. The Balaban J connectivity index is 1.59. The maximum absolute atomic E-state index is 3.95. The third-order valence-electron chi connectivity index (χ3n) is 3.32. The number of benzene rings is 2. The van der Waals surface area contributed by atoms with Crippen LogP contribution in [0.25, 0.3) is 11.1 Å². The molecule has 0 aliphatic heterocycles. The Hall–Kier alpha value is -2.49. The number of nitrogens with zero attached hydrogens (tertiary/aromatic N) is 3. The Morgan fingerprint density at radius 2 is 1.55 bits per heavy atom. The minimum atomic E-state index is 0.783. The molecule has 100 valence electrons. The van der Waals surface area contributed by atoms with E-state index in [1.165, 1.54) is 16.7 Å². The molecule has 0 amide bonds. The van der Waals surface area contributed by atoms with E-state index < -0.39 is 0 Å². The fraction of sp³-hybridized carbons (Fsp3) is 0.188. The predicted molar refractivity (Wildman–Crippen MR) is 78.1 cm³/mol. The highest BCUT2D eigenvalue weighted by molar-refractivity contribution is 5.63. The van der Waals surface area contributed by atoms with Crippen molar-refractivity contribution in [2.24, 2.45) is 0 Å². The van der Waals surface area contributed by atoms with Crippen LogP contribution in [-0.4, -0.2) is 20.6 Å².